The second-order valence-corrected chi connectivity index (χ2v) is 3.58. The van der Waals surface area contributed by atoms with Gasteiger partial charge in [-0.05, 0) is 18.0 Å². The first-order chi connectivity index (χ1) is 7.81. The summed E-state index contributed by atoms with van der Waals surface area (Å²) in [6.07, 6.45) is 2.57. The third kappa shape index (κ3) is 2.40. The van der Waals surface area contributed by atoms with E-state index >= 15 is 0 Å². The van der Waals surface area contributed by atoms with Crippen LogP contribution in [0, 0.1) is 0 Å². The van der Waals surface area contributed by atoms with Crippen molar-refractivity contribution in [2.24, 2.45) is 0 Å². The average molecular weight is 242 g/mol. The molecule has 2 aromatic rings. The summed E-state index contributed by atoms with van der Waals surface area (Å²) >= 11 is 5.79. The number of ether oxygens (including phenoxy) is 1. The van der Waals surface area contributed by atoms with E-state index in [4.69, 9.17) is 16.3 Å². The number of aromatic amines is 1. The molecule has 6 nitrogen and oxygen atoms in total. The first-order valence-corrected chi connectivity index (χ1v) is 5.28. The molecule has 0 saturated heterocycles. The summed E-state index contributed by atoms with van der Waals surface area (Å²) in [6, 6.07) is 0. The minimum Gasteiger partial charge on any atom is -0.385 e. The summed E-state index contributed by atoms with van der Waals surface area (Å²) in [5, 5.41) is 10.9. The molecular weight excluding hydrogens is 230 g/mol. The third-order valence-electron chi connectivity index (χ3n) is 2.10. The highest BCUT2D eigenvalue weighted by molar-refractivity contribution is 6.28. The lowest BCUT2D eigenvalue weighted by Gasteiger charge is -2.05. The van der Waals surface area contributed by atoms with Crippen LogP contribution < -0.4 is 5.32 Å². The van der Waals surface area contributed by atoms with E-state index in [2.05, 4.69) is 25.5 Å². The van der Waals surface area contributed by atoms with Gasteiger partial charge in [0.25, 0.3) is 0 Å². The lowest BCUT2D eigenvalue weighted by Crippen LogP contribution is -2.06. The Morgan fingerprint density at radius 1 is 1.50 bits per heavy atom. The maximum atomic E-state index is 5.79. The fourth-order valence-electron chi connectivity index (χ4n) is 1.37. The second-order valence-electron chi connectivity index (χ2n) is 3.25. The predicted molar refractivity (Wildman–Crippen MR) is 61.7 cm³/mol. The monoisotopic (exact) mass is 241 g/mol. The molecule has 2 heterocycles. The summed E-state index contributed by atoms with van der Waals surface area (Å²) in [7, 11) is 1.68. The van der Waals surface area contributed by atoms with Gasteiger partial charge in [0.05, 0.1) is 11.6 Å². The van der Waals surface area contributed by atoms with Crippen LogP contribution in [0.4, 0.5) is 5.82 Å². The fraction of sp³-hybridized carbons (Fsp3) is 0.444. The number of fused-ring (bicyclic) bond motifs is 1. The van der Waals surface area contributed by atoms with Gasteiger partial charge in [-0.1, -0.05) is 0 Å². The molecule has 7 heteroatoms. The van der Waals surface area contributed by atoms with Crippen LogP contribution in [0.25, 0.3) is 11.0 Å². The molecule has 0 aromatic carbocycles. The molecule has 86 valence electrons. The van der Waals surface area contributed by atoms with Crippen molar-refractivity contribution in [2.45, 2.75) is 6.42 Å². The summed E-state index contributed by atoms with van der Waals surface area (Å²) in [6.45, 7) is 1.47. The number of aromatic nitrogens is 4. The summed E-state index contributed by atoms with van der Waals surface area (Å²) in [4.78, 5) is 8.13. The van der Waals surface area contributed by atoms with E-state index in [1.165, 1.54) is 0 Å². The Bertz CT molecular complexity index is 472. The summed E-state index contributed by atoms with van der Waals surface area (Å²) in [5.74, 6) is 0.694. The van der Waals surface area contributed by atoms with Gasteiger partial charge in [0.15, 0.2) is 5.65 Å². The fourth-order valence-corrected chi connectivity index (χ4v) is 1.53. The smallest absolute Gasteiger partial charge is 0.226 e. The normalized spacial score (nSPS) is 10.9. The maximum absolute atomic E-state index is 5.79. The average Bonchev–Trinajstić information content (AvgIpc) is 2.72. The molecule has 0 atom stereocenters. The van der Waals surface area contributed by atoms with Crippen molar-refractivity contribution in [3.8, 4) is 0 Å². The lowest BCUT2D eigenvalue weighted by molar-refractivity contribution is 0.198. The summed E-state index contributed by atoms with van der Waals surface area (Å²) in [5.41, 5.74) is 0.634. The van der Waals surface area contributed by atoms with Gasteiger partial charge in [-0.15, -0.1) is 0 Å². The molecule has 2 aromatic heterocycles. The van der Waals surface area contributed by atoms with E-state index < -0.39 is 0 Å². The second kappa shape index (κ2) is 5.09. The van der Waals surface area contributed by atoms with Crippen molar-refractivity contribution >= 4 is 28.5 Å². The number of hydrogen-bond donors (Lipinski definition) is 2. The first-order valence-electron chi connectivity index (χ1n) is 4.90. The van der Waals surface area contributed by atoms with Crippen LogP contribution in [0.2, 0.25) is 5.28 Å². The van der Waals surface area contributed by atoms with Crippen molar-refractivity contribution in [1.29, 1.82) is 0 Å². The molecule has 2 rings (SSSR count). The zero-order valence-corrected chi connectivity index (χ0v) is 9.58. The van der Waals surface area contributed by atoms with Crippen molar-refractivity contribution in [2.75, 3.05) is 25.6 Å². The highest BCUT2D eigenvalue weighted by Crippen LogP contribution is 2.19. The van der Waals surface area contributed by atoms with E-state index in [0.717, 1.165) is 18.4 Å². The largest absolute Gasteiger partial charge is 0.385 e. The van der Waals surface area contributed by atoms with Crippen LogP contribution >= 0.6 is 11.6 Å². The molecule has 0 radical (unpaired) electrons. The first kappa shape index (κ1) is 11.1. The highest BCUT2D eigenvalue weighted by Gasteiger charge is 2.07. The van der Waals surface area contributed by atoms with Crippen LogP contribution in [0.5, 0.6) is 0 Å². The number of H-pyrrole nitrogens is 1. The molecule has 0 aliphatic carbocycles. The molecule has 16 heavy (non-hydrogen) atoms. The van der Waals surface area contributed by atoms with E-state index in [1.54, 1.807) is 13.3 Å². The van der Waals surface area contributed by atoms with Gasteiger partial charge in [-0.25, -0.2) is 0 Å². The zero-order chi connectivity index (χ0) is 11.4. The van der Waals surface area contributed by atoms with Gasteiger partial charge >= 0.3 is 0 Å². The topological polar surface area (TPSA) is 75.7 Å². The Morgan fingerprint density at radius 2 is 2.38 bits per heavy atom. The van der Waals surface area contributed by atoms with Gasteiger partial charge in [-0.3, -0.25) is 5.10 Å². The van der Waals surface area contributed by atoms with Gasteiger partial charge in [0.1, 0.15) is 5.82 Å². The minimum atomic E-state index is 0.200. The number of hydrogen-bond acceptors (Lipinski definition) is 5. The Labute approximate surface area is 97.4 Å². The van der Waals surface area contributed by atoms with Gasteiger partial charge < -0.3 is 10.1 Å². The molecule has 0 saturated carbocycles. The molecular formula is C9H12ClN5O. The molecule has 0 unspecified atom stereocenters. The Morgan fingerprint density at radius 3 is 3.19 bits per heavy atom. The van der Waals surface area contributed by atoms with Crippen LogP contribution in [0.3, 0.4) is 0 Å². The molecule has 0 bridgehead atoms. The predicted octanol–water partition coefficient (Wildman–Crippen LogP) is 1.45. The van der Waals surface area contributed by atoms with Crippen molar-refractivity contribution in [3.05, 3.63) is 11.5 Å². The van der Waals surface area contributed by atoms with Crippen LogP contribution in [-0.2, 0) is 4.74 Å². The standard InChI is InChI=1S/C9H12ClN5O/c1-16-4-2-3-11-7-6-5-12-15-8(6)14-9(10)13-7/h5H,2-4H2,1H3,(H2,11,12,13,14,15). The summed E-state index contributed by atoms with van der Waals surface area (Å²) < 4.78 is 4.96. The number of nitrogens with zero attached hydrogens (tertiary/aromatic N) is 3. The Balaban J connectivity index is 2.12. The molecule has 0 aliphatic rings. The molecule has 0 spiro atoms. The van der Waals surface area contributed by atoms with E-state index in [9.17, 15) is 0 Å². The van der Waals surface area contributed by atoms with E-state index in [1.807, 2.05) is 0 Å². The van der Waals surface area contributed by atoms with Crippen LogP contribution in [0.15, 0.2) is 6.20 Å². The van der Waals surface area contributed by atoms with E-state index in [0.29, 0.717) is 18.1 Å². The number of nitrogens with one attached hydrogen (secondary N) is 2. The molecule has 2 N–H and O–H groups in total. The van der Waals surface area contributed by atoms with Gasteiger partial charge in [0.2, 0.25) is 5.28 Å². The quantitative estimate of drug-likeness (QED) is 0.612. The van der Waals surface area contributed by atoms with Crippen molar-refractivity contribution in [1.82, 2.24) is 20.2 Å². The maximum Gasteiger partial charge on any atom is 0.226 e. The van der Waals surface area contributed by atoms with Gasteiger partial charge in [-0.2, -0.15) is 15.1 Å². The number of halogens is 1. The SMILES string of the molecule is COCCCNc1nc(Cl)nc2[nH]ncc12. The Hall–Kier alpha value is -1.40. The number of methoxy groups -OCH3 is 1. The van der Waals surface area contributed by atoms with Crippen molar-refractivity contribution in [3.63, 3.8) is 0 Å². The zero-order valence-electron chi connectivity index (χ0n) is 8.83. The van der Waals surface area contributed by atoms with Gasteiger partial charge in [0, 0.05) is 20.3 Å². The number of anilines is 1. The third-order valence-corrected chi connectivity index (χ3v) is 2.27. The van der Waals surface area contributed by atoms with Crippen molar-refractivity contribution < 1.29 is 4.74 Å². The lowest BCUT2D eigenvalue weighted by atomic mass is 10.3. The molecule has 0 amide bonds. The number of rotatable bonds is 5. The molecule has 0 fully saturated rings. The Kier molecular flexibility index (Phi) is 3.53. The van der Waals surface area contributed by atoms with E-state index in [-0.39, 0.29) is 5.28 Å². The highest BCUT2D eigenvalue weighted by atomic mass is 35.5. The van der Waals surface area contributed by atoms with Crippen LogP contribution in [0.1, 0.15) is 6.42 Å². The minimum absolute atomic E-state index is 0.200. The molecule has 0 aliphatic heterocycles. The van der Waals surface area contributed by atoms with Crippen LogP contribution in [-0.4, -0.2) is 40.4 Å².